The first-order valence-electron chi connectivity index (χ1n) is 3.41. The van der Waals surface area contributed by atoms with Crippen molar-refractivity contribution in [3.05, 3.63) is 29.3 Å². The fraction of sp³-hybridized carbons (Fsp3) is 0.250. The molecule has 0 aliphatic rings. The quantitative estimate of drug-likeness (QED) is 0.734. The van der Waals surface area contributed by atoms with E-state index >= 15 is 0 Å². The molecule has 66 valence electrons. The van der Waals surface area contributed by atoms with Crippen molar-refractivity contribution < 1.29 is 13.5 Å². The Balaban J connectivity index is 3.19. The van der Waals surface area contributed by atoms with Gasteiger partial charge >= 0.3 is 0 Å². The highest BCUT2D eigenvalue weighted by Gasteiger charge is 2.08. The number of benzene rings is 1. The Morgan fingerprint density at radius 1 is 1.33 bits per heavy atom. The highest BCUT2D eigenvalue weighted by molar-refractivity contribution is 5.34. The van der Waals surface area contributed by atoms with Gasteiger partial charge in [-0.3, -0.25) is 0 Å². The molecule has 0 fully saturated rings. The molecule has 1 aromatic rings. The number of nitrogens with two attached hydrogens (primary N) is 1. The number of hydrogen-bond donors (Lipinski definition) is 1. The molecule has 1 aromatic carbocycles. The van der Waals surface area contributed by atoms with Gasteiger partial charge in [0.1, 0.15) is 5.75 Å². The molecule has 4 heteroatoms. The van der Waals surface area contributed by atoms with Crippen molar-refractivity contribution in [3.8, 4) is 5.75 Å². The summed E-state index contributed by atoms with van der Waals surface area (Å²) in [5, 5.41) is 0. The molecule has 0 amide bonds. The number of ether oxygens (including phenoxy) is 1. The van der Waals surface area contributed by atoms with E-state index in [1.54, 1.807) is 0 Å². The van der Waals surface area contributed by atoms with Gasteiger partial charge in [-0.15, -0.1) is 0 Å². The van der Waals surface area contributed by atoms with Crippen molar-refractivity contribution in [1.82, 2.24) is 0 Å². The van der Waals surface area contributed by atoms with E-state index in [2.05, 4.69) is 0 Å². The maximum atomic E-state index is 12.6. The topological polar surface area (TPSA) is 35.2 Å². The molecular weight excluding hydrogens is 164 g/mol. The molecular formula is C8H9F2NO. The molecule has 0 atom stereocenters. The molecule has 0 spiro atoms. The molecule has 2 N–H and O–H groups in total. The van der Waals surface area contributed by atoms with Crippen LogP contribution in [0.1, 0.15) is 5.56 Å². The lowest BCUT2D eigenvalue weighted by molar-refractivity contribution is 0.401. The third-order valence-electron chi connectivity index (χ3n) is 1.54. The Kier molecular flexibility index (Phi) is 2.60. The lowest BCUT2D eigenvalue weighted by Gasteiger charge is -2.06. The second-order valence-electron chi connectivity index (χ2n) is 2.28. The number of rotatable bonds is 2. The summed E-state index contributed by atoms with van der Waals surface area (Å²) in [5.74, 6) is -1.56. The standard InChI is InChI=1S/C8H9F2NO/c1-12-8-3-7(10)6(9)2-5(8)4-11/h2-3H,4,11H2,1H3. The third kappa shape index (κ3) is 1.53. The van der Waals surface area contributed by atoms with Crippen molar-refractivity contribution in [2.24, 2.45) is 5.73 Å². The molecule has 0 radical (unpaired) electrons. The Morgan fingerprint density at radius 3 is 2.42 bits per heavy atom. The van der Waals surface area contributed by atoms with Gasteiger partial charge in [-0.25, -0.2) is 8.78 Å². The van der Waals surface area contributed by atoms with E-state index in [0.29, 0.717) is 5.56 Å². The zero-order chi connectivity index (χ0) is 9.14. The monoisotopic (exact) mass is 173 g/mol. The zero-order valence-corrected chi connectivity index (χ0v) is 6.60. The summed E-state index contributed by atoms with van der Waals surface area (Å²) in [6.45, 7) is 0.125. The molecule has 0 saturated heterocycles. The molecule has 0 aliphatic carbocycles. The molecule has 1 rings (SSSR count). The van der Waals surface area contributed by atoms with E-state index in [0.717, 1.165) is 12.1 Å². The first-order chi connectivity index (χ1) is 5.69. The van der Waals surface area contributed by atoms with Crippen LogP contribution in [0.15, 0.2) is 12.1 Å². The fourth-order valence-corrected chi connectivity index (χ4v) is 0.919. The maximum Gasteiger partial charge on any atom is 0.162 e. The third-order valence-corrected chi connectivity index (χ3v) is 1.54. The molecule has 2 nitrogen and oxygen atoms in total. The van der Waals surface area contributed by atoms with Gasteiger partial charge in [-0.2, -0.15) is 0 Å². The van der Waals surface area contributed by atoms with Crippen molar-refractivity contribution in [2.45, 2.75) is 6.54 Å². The second-order valence-corrected chi connectivity index (χ2v) is 2.28. The van der Waals surface area contributed by atoms with Gasteiger partial charge in [-0.05, 0) is 6.07 Å². The van der Waals surface area contributed by atoms with Crippen LogP contribution >= 0.6 is 0 Å². The Morgan fingerprint density at radius 2 is 1.92 bits per heavy atom. The summed E-state index contributed by atoms with van der Waals surface area (Å²) in [5.41, 5.74) is 5.73. The minimum absolute atomic E-state index is 0.125. The molecule has 0 aliphatic heterocycles. The van der Waals surface area contributed by atoms with Gasteiger partial charge in [0.05, 0.1) is 7.11 Å². The Hall–Kier alpha value is -1.16. The smallest absolute Gasteiger partial charge is 0.162 e. The van der Waals surface area contributed by atoms with E-state index < -0.39 is 11.6 Å². The van der Waals surface area contributed by atoms with Gasteiger partial charge in [0, 0.05) is 18.2 Å². The van der Waals surface area contributed by atoms with Crippen LogP contribution < -0.4 is 10.5 Å². The number of hydrogen-bond acceptors (Lipinski definition) is 2. The molecule has 0 heterocycles. The van der Waals surface area contributed by atoms with Gasteiger partial charge in [0.25, 0.3) is 0 Å². The van der Waals surface area contributed by atoms with Crippen LogP contribution in [0, 0.1) is 11.6 Å². The largest absolute Gasteiger partial charge is 0.496 e. The maximum absolute atomic E-state index is 12.6. The minimum atomic E-state index is -0.927. The average molecular weight is 173 g/mol. The van der Waals surface area contributed by atoms with Gasteiger partial charge in [-0.1, -0.05) is 0 Å². The van der Waals surface area contributed by atoms with Crippen molar-refractivity contribution >= 4 is 0 Å². The van der Waals surface area contributed by atoms with Gasteiger partial charge < -0.3 is 10.5 Å². The van der Waals surface area contributed by atoms with Crippen molar-refractivity contribution in [2.75, 3.05) is 7.11 Å². The predicted molar refractivity (Wildman–Crippen MR) is 40.8 cm³/mol. The highest BCUT2D eigenvalue weighted by Crippen LogP contribution is 2.21. The second kappa shape index (κ2) is 3.49. The van der Waals surface area contributed by atoms with Crippen LogP contribution in [0.3, 0.4) is 0 Å². The lowest BCUT2D eigenvalue weighted by atomic mass is 10.2. The number of methoxy groups -OCH3 is 1. The minimum Gasteiger partial charge on any atom is -0.496 e. The van der Waals surface area contributed by atoms with E-state index in [1.165, 1.54) is 7.11 Å². The Labute approximate surface area is 68.9 Å². The van der Waals surface area contributed by atoms with Crippen LogP contribution in [-0.2, 0) is 6.54 Å². The summed E-state index contributed by atoms with van der Waals surface area (Å²) < 4.78 is 30.0. The van der Waals surface area contributed by atoms with E-state index in [-0.39, 0.29) is 12.3 Å². The average Bonchev–Trinajstić information content (AvgIpc) is 2.09. The van der Waals surface area contributed by atoms with Crippen molar-refractivity contribution in [3.63, 3.8) is 0 Å². The van der Waals surface area contributed by atoms with Gasteiger partial charge in [0.2, 0.25) is 0 Å². The molecule has 0 bridgehead atoms. The fourth-order valence-electron chi connectivity index (χ4n) is 0.919. The normalized spacial score (nSPS) is 10.0. The van der Waals surface area contributed by atoms with Gasteiger partial charge in [0.15, 0.2) is 11.6 Å². The predicted octanol–water partition coefficient (Wildman–Crippen LogP) is 1.43. The molecule has 0 unspecified atom stereocenters. The summed E-state index contributed by atoms with van der Waals surface area (Å²) in [6, 6.07) is 2.02. The van der Waals surface area contributed by atoms with E-state index in [9.17, 15) is 8.78 Å². The van der Waals surface area contributed by atoms with Crippen LogP contribution in [-0.4, -0.2) is 7.11 Å². The van der Waals surface area contributed by atoms with Crippen LogP contribution in [0.2, 0.25) is 0 Å². The van der Waals surface area contributed by atoms with Crippen LogP contribution in [0.5, 0.6) is 5.75 Å². The molecule has 0 aromatic heterocycles. The van der Waals surface area contributed by atoms with Crippen LogP contribution in [0.4, 0.5) is 8.78 Å². The van der Waals surface area contributed by atoms with Crippen LogP contribution in [0.25, 0.3) is 0 Å². The summed E-state index contributed by atoms with van der Waals surface area (Å²) in [7, 11) is 1.38. The SMILES string of the molecule is COc1cc(F)c(F)cc1CN. The molecule has 12 heavy (non-hydrogen) atoms. The zero-order valence-electron chi connectivity index (χ0n) is 6.60. The Bertz CT molecular complexity index is 260. The first-order valence-corrected chi connectivity index (χ1v) is 3.41. The first kappa shape index (κ1) is 8.93. The van der Waals surface area contributed by atoms with Crippen molar-refractivity contribution in [1.29, 1.82) is 0 Å². The summed E-state index contributed by atoms with van der Waals surface area (Å²) >= 11 is 0. The highest BCUT2D eigenvalue weighted by atomic mass is 19.2. The molecule has 0 saturated carbocycles. The van der Waals surface area contributed by atoms with E-state index in [1.807, 2.05) is 0 Å². The lowest BCUT2D eigenvalue weighted by Crippen LogP contribution is -2.01. The summed E-state index contributed by atoms with van der Waals surface area (Å²) in [4.78, 5) is 0. The van der Waals surface area contributed by atoms with E-state index in [4.69, 9.17) is 10.5 Å². The number of halogens is 2. The summed E-state index contributed by atoms with van der Waals surface area (Å²) in [6.07, 6.45) is 0.